The summed E-state index contributed by atoms with van der Waals surface area (Å²) in [5.41, 5.74) is 5.85. The van der Waals surface area contributed by atoms with Crippen molar-refractivity contribution in [2.45, 2.75) is 20.4 Å². The minimum atomic E-state index is -0.400. The summed E-state index contributed by atoms with van der Waals surface area (Å²) in [6.45, 7) is 4.04. The number of aromatic nitrogens is 5. The highest BCUT2D eigenvalue weighted by molar-refractivity contribution is 7.17. The predicted molar refractivity (Wildman–Crippen MR) is 159 cm³/mol. The number of rotatable bonds is 8. The van der Waals surface area contributed by atoms with Gasteiger partial charge in [-0.15, -0.1) is 16.4 Å². The van der Waals surface area contributed by atoms with Crippen molar-refractivity contribution in [3.8, 4) is 29.0 Å². The lowest BCUT2D eigenvalue weighted by atomic mass is 10.1. The van der Waals surface area contributed by atoms with Crippen molar-refractivity contribution in [3.63, 3.8) is 0 Å². The van der Waals surface area contributed by atoms with E-state index in [0.717, 1.165) is 32.6 Å². The normalized spacial score (nSPS) is 10.9. The number of benzene rings is 3. The Hall–Kier alpha value is -5.67. The third kappa shape index (κ3) is 5.36. The van der Waals surface area contributed by atoms with E-state index in [1.54, 1.807) is 41.2 Å². The second kappa shape index (κ2) is 11.1. The number of nitriles is 1. The van der Waals surface area contributed by atoms with Crippen LogP contribution in [0.25, 0.3) is 21.5 Å². The highest BCUT2D eigenvalue weighted by Crippen LogP contribution is 2.36. The summed E-state index contributed by atoms with van der Waals surface area (Å²) in [6.07, 6.45) is 1.75. The Labute approximate surface area is 243 Å². The predicted octanol–water partition coefficient (Wildman–Crippen LogP) is 6.93. The van der Waals surface area contributed by atoms with E-state index < -0.39 is 4.92 Å². The number of thiophene rings is 1. The van der Waals surface area contributed by atoms with E-state index in [1.165, 1.54) is 17.4 Å². The van der Waals surface area contributed by atoms with Gasteiger partial charge in [-0.05, 0) is 60.7 Å². The number of para-hydroxylation sites is 1. The molecule has 0 atom stereocenters. The summed E-state index contributed by atoms with van der Waals surface area (Å²) in [6, 6.07) is 21.8. The van der Waals surface area contributed by atoms with Crippen LogP contribution in [0.2, 0.25) is 0 Å². The third-order valence-electron chi connectivity index (χ3n) is 6.56. The van der Waals surface area contributed by atoms with Gasteiger partial charge in [0, 0.05) is 17.3 Å². The first kappa shape index (κ1) is 26.5. The van der Waals surface area contributed by atoms with Crippen LogP contribution in [-0.2, 0) is 6.54 Å². The molecule has 3 aromatic heterocycles. The van der Waals surface area contributed by atoms with Gasteiger partial charge in [-0.3, -0.25) is 10.1 Å². The fraction of sp³-hybridized carbons (Fsp3) is 0.100. The molecule has 0 aliphatic rings. The summed E-state index contributed by atoms with van der Waals surface area (Å²) >= 11 is 1.49. The largest absolute Gasteiger partial charge is 0.437 e. The minimum Gasteiger partial charge on any atom is -0.437 e. The van der Waals surface area contributed by atoms with Crippen LogP contribution in [0.4, 0.5) is 17.3 Å². The number of fused-ring (bicyclic) bond motifs is 1. The first-order chi connectivity index (χ1) is 20.4. The molecule has 0 aliphatic heterocycles. The molecule has 1 N–H and O–H groups in total. The number of hydrogen-bond acceptors (Lipinski definition) is 10. The van der Waals surface area contributed by atoms with Gasteiger partial charge < -0.3 is 10.1 Å². The second-order valence-corrected chi connectivity index (χ2v) is 10.4. The molecule has 0 saturated heterocycles. The third-order valence-corrected chi connectivity index (χ3v) is 7.45. The maximum atomic E-state index is 11.3. The van der Waals surface area contributed by atoms with Gasteiger partial charge in [-0.2, -0.15) is 10.2 Å². The number of nitro benzene ring substituents is 1. The number of nitrogens with zero attached hydrogens (tertiary/aromatic N) is 7. The van der Waals surface area contributed by atoms with Crippen molar-refractivity contribution in [2.75, 3.05) is 5.32 Å². The van der Waals surface area contributed by atoms with Gasteiger partial charge in [0.15, 0.2) is 0 Å². The Kier molecular flexibility index (Phi) is 7.00. The number of ether oxygens (including phenoxy) is 1. The maximum absolute atomic E-state index is 11.3. The van der Waals surface area contributed by atoms with Crippen molar-refractivity contribution in [2.24, 2.45) is 0 Å². The molecule has 3 aromatic carbocycles. The van der Waals surface area contributed by atoms with E-state index in [4.69, 9.17) is 4.74 Å². The zero-order valence-corrected chi connectivity index (χ0v) is 23.3. The number of nitrogens with one attached hydrogen (secondary N) is 1. The monoisotopic (exact) mass is 574 g/mol. The van der Waals surface area contributed by atoms with E-state index in [2.05, 4.69) is 31.7 Å². The summed E-state index contributed by atoms with van der Waals surface area (Å²) in [5.74, 6) is 1.47. The molecule has 0 bridgehead atoms. The number of hydrogen-bond donors (Lipinski definition) is 1. The van der Waals surface area contributed by atoms with Crippen molar-refractivity contribution in [3.05, 3.63) is 111 Å². The molecule has 206 valence electrons. The average molecular weight is 575 g/mol. The van der Waals surface area contributed by atoms with Crippen LogP contribution in [0.5, 0.6) is 11.6 Å². The fourth-order valence-electron chi connectivity index (χ4n) is 4.59. The van der Waals surface area contributed by atoms with Crippen LogP contribution >= 0.6 is 11.3 Å². The molecular weight excluding hydrogens is 552 g/mol. The van der Waals surface area contributed by atoms with Gasteiger partial charge in [-0.1, -0.05) is 35.5 Å². The van der Waals surface area contributed by atoms with Gasteiger partial charge in [0.05, 0.1) is 40.4 Å². The van der Waals surface area contributed by atoms with E-state index in [1.807, 2.05) is 49.6 Å². The molecular formula is C30H22N8O3S. The number of anilines is 2. The molecule has 0 unspecified atom stereocenters. The van der Waals surface area contributed by atoms with Crippen LogP contribution < -0.4 is 10.1 Å². The van der Waals surface area contributed by atoms with Crippen molar-refractivity contribution in [1.82, 2.24) is 25.0 Å². The lowest BCUT2D eigenvalue weighted by Crippen LogP contribution is -2.03. The molecule has 6 rings (SSSR count). The Morgan fingerprint density at radius 1 is 1.07 bits per heavy atom. The van der Waals surface area contributed by atoms with Gasteiger partial charge in [-0.25, -0.2) is 9.67 Å². The second-order valence-electron chi connectivity index (χ2n) is 9.53. The van der Waals surface area contributed by atoms with E-state index in [0.29, 0.717) is 34.4 Å². The van der Waals surface area contributed by atoms with Gasteiger partial charge in [0.2, 0.25) is 11.8 Å². The number of nitro groups is 1. The van der Waals surface area contributed by atoms with Crippen molar-refractivity contribution in [1.29, 1.82) is 5.26 Å². The van der Waals surface area contributed by atoms with Gasteiger partial charge in [0.25, 0.3) is 5.69 Å². The van der Waals surface area contributed by atoms with Gasteiger partial charge >= 0.3 is 0 Å². The molecule has 0 radical (unpaired) electrons. The van der Waals surface area contributed by atoms with Gasteiger partial charge in [0.1, 0.15) is 16.1 Å². The summed E-state index contributed by atoms with van der Waals surface area (Å²) < 4.78 is 8.68. The summed E-state index contributed by atoms with van der Waals surface area (Å²) in [5, 5.41) is 34.2. The van der Waals surface area contributed by atoms with Crippen molar-refractivity contribution < 1.29 is 9.66 Å². The Bertz CT molecular complexity index is 1970. The lowest BCUT2D eigenvalue weighted by molar-refractivity contribution is -0.385. The quantitative estimate of drug-likeness (QED) is 0.151. The number of aryl methyl sites for hydroxylation is 2. The van der Waals surface area contributed by atoms with E-state index >= 15 is 0 Å². The van der Waals surface area contributed by atoms with Crippen LogP contribution in [0.15, 0.2) is 78.3 Å². The van der Waals surface area contributed by atoms with E-state index in [-0.39, 0.29) is 12.2 Å². The maximum Gasteiger partial charge on any atom is 0.274 e. The molecule has 42 heavy (non-hydrogen) atoms. The molecule has 0 saturated carbocycles. The van der Waals surface area contributed by atoms with E-state index in [9.17, 15) is 15.4 Å². The molecule has 0 aliphatic carbocycles. The lowest BCUT2D eigenvalue weighted by Gasteiger charge is -2.13. The van der Waals surface area contributed by atoms with Crippen molar-refractivity contribution >= 4 is 38.9 Å². The average Bonchev–Trinajstić information content (AvgIpc) is 3.65. The zero-order valence-electron chi connectivity index (χ0n) is 22.5. The topological polar surface area (TPSA) is 145 Å². The molecule has 3 heterocycles. The molecule has 0 amide bonds. The highest BCUT2D eigenvalue weighted by atomic mass is 32.1. The smallest absolute Gasteiger partial charge is 0.274 e. The SMILES string of the molecule is Cc1cc(C#N)cc(C)c1Oc1nc(Nc2ccc(-c3cn(Cc4ccccc4[N+](=O)[O-])nn3)cc2)nc2ccsc12. The molecule has 11 nitrogen and oxygen atoms in total. The molecule has 0 spiro atoms. The molecule has 0 fully saturated rings. The first-order valence-electron chi connectivity index (χ1n) is 12.8. The Morgan fingerprint density at radius 2 is 1.83 bits per heavy atom. The fourth-order valence-corrected chi connectivity index (χ4v) is 5.35. The minimum absolute atomic E-state index is 0.0450. The summed E-state index contributed by atoms with van der Waals surface area (Å²) in [4.78, 5) is 20.2. The Morgan fingerprint density at radius 3 is 2.57 bits per heavy atom. The first-order valence-corrected chi connectivity index (χ1v) is 13.7. The molecule has 6 aromatic rings. The molecule has 12 heteroatoms. The Balaban J connectivity index is 1.21. The standard InChI is InChI=1S/C30H22N8O3S/c1-18-13-20(15-31)14-19(2)27(18)41-29-28-24(11-12-42-28)33-30(34-29)32-23-9-7-21(8-10-23)25-17-37(36-35-25)16-22-5-3-4-6-26(22)38(39)40/h3-14,17H,16H2,1-2H3,(H,32,33,34). The summed E-state index contributed by atoms with van der Waals surface area (Å²) in [7, 11) is 0. The van der Waals surface area contributed by atoms with Crippen LogP contribution in [0.1, 0.15) is 22.3 Å². The van der Waals surface area contributed by atoms with Crippen LogP contribution in [-0.4, -0.2) is 29.9 Å². The van der Waals surface area contributed by atoms with Crippen LogP contribution in [0, 0.1) is 35.3 Å². The zero-order chi connectivity index (χ0) is 29.2. The van der Waals surface area contributed by atoms with Crippen LogP contribution in [0.3, 0.4) is 0 Å². The highest BCUT2D eigenvalue weighted by Gasteiger charge is 2.16.